The molecule has 5 nitrogen and oxygen atoms in total. The topological polar surface area (TPSA) is 69.0 Å². The number of hydrogen-bond donors (Lipinski definition) is 1. The smallest absolute Gasteiger partial charge is 0.257 e. The number of hydrogen-bond acceptors (Lipinski definition) is 4. The third-order valence-electron chi connectivity index (χ3n) is 2.97. The number of nitriles is 1. The Kier molecular flexibility index (Phi) is 6.51. The molecule has 0 aliphatic rings. The summed E-state index contributed by atoms with van der Waals surface area (Å²) in [6.07, 6.45) is 4.58. The first-order chi connectivity index (χ1) is 9.61. The first-order valence-electron chi connectivity index (χ1n) is 6.97. The van der Waals surface area contributed by atoms with Gasteiger partial charge in [0.15, 0.2) is 0 Å². The average Bonchev–Trinajstić information content (AvgIpc) is 2.45. The lowest BCUT2D eigenvalue weighted by Gasteiger charge is -2.26. The predicted octanol–water partition coefficient (Wildman–Crippen LogP) is 2.67. The van der Waals surface area contributed by atoms with Crippen LogP contribution in [0, 0.1) is 11.3 Å². The van der Waals surface area contributed by atoms with E-state index in [0.29, 0.717) is 18.5 Å². The molecule has 1 rings (SSSR count). The molecular weight excluding hydrogens is 252 g/mol. The molecule has 0 aliphatic carbocycles. The standard InChI is InChI=1S/C15H22N4O/c1-4-8-18-14-6-9-17-11-13(14)15(20)19(12(2)3)10-5-7-16/h6,9,11-12H,4-5,8,10H2,1-3H3,(H,17,18). The highest BCUT2D eigenvalue weighted by molar-refractivity contribution is 5.99. The van der Waals surface area contributed by atoms with E-state index in [2.05, 4.69) is 23.3 Å². The molecule has 1 N–H and O–H groups in total. The lowest BCUT2D eigenvalue weighted by atomic mass is 10.1. The molecule has 1 aromatic rings. The summed E-state index contributed by atoms with van der Waals surface area (Å²) < 4.78 is 0. The molecule has 108 valence electrons. The molecule has 0 saturated heterocycles. The van der Waals surface area contributed by atoms with E-state index < -0.39 is 0 Å². The number of rotatable bonds is 7. The van der Waals surface area contributed by atoms with Crippen LogP contribution >= 0.6 is 0 Å². The van der Waals surface area contributed by atoms with E-state index in [4.69, 9.17) is 5.26 Å². The molecule has 0 saturated carbocycles. The molecule has 0 unspecified atom stereocenters. The maximum absolute atomic E-state index is 12.6. The largest absolute Gasteiger partial charge is 0.384 e. The highest BCUT2D eigenvalue weighted by Crippen LogP contribution is 2.17. The Labute approximate surface area is 120 Å². The molecule has 0 bridgehead atoms. The SMILES string of the molecule is CCCNc1ccncc1C(=O)N(CCC#N)C(C)C. The molecule has 0 aliphatic heterocycles. The number of anilines is 1. The molecule has 5 heteroatoms. The zero-order chi connectivity index (χ0) is 15.0. The summed E-state index contributed by atoms with van der Waals surface area (Å²) in [4.78, 5) is 18.4. The number of carbonyl (C=O) groups is 1. The van der Waals surface area contributed by atoms with Crippen molar-refractivity contribution in [1.82, 2.24) is 9.88 Å². The summed E-state index contributed by atoms with van der Waals surface area (Å²) in [7, 11) is 0. The van der Waals surface area contributed by atoms with Crippen molar-refractivity contribution in [2.24, 2.45) is 0 Å². The van der Waals surface area contributed by atoms with Crippen LogP contribution in [0.1, 0.15) is 44.0 Å². The van der Waals surface area contributed by atoms with Gasteiger partial charge in [-0.15, -0.1) is 0 Å². The van der Waals surface area contributed by atoms with Crippen LogP contribution in [0.5, 0.6) is 0 Å². The molecule has 0 radical (unpaired) electrons. The summed E-state index contributed by atoms with van der Waals surface area (Å²) in [5.74, 6) is -0.0815. The fourth-order valence-electron chi connectivity index (χ4n) is 1.90. The van der Waals surface area contributed by atoms with Crippen molar-refractivity contribution in [3.05, 3.63) is 24.0 Å². The van der Waals surface area contributed by atoms with Crippen molar-refractivity contribution >= 4 is 11.6 Å². The van der Waals surface area contributed by atoms with Crippen molar-refractivity contribution in [2.75, 3.05) is 18.4 Å². The van der Waals surface area contributed by atoms with Crippen molar-refractivity contribution in [1.29, 1.82) is 5.26 Å². The summed E-state index contributed by atoms with van der Waals surface area (Å²) >= 11 is 0. The minimum absolute atomic E-state index is 0.0510. The molecule has 1 amide bonds. The Balaban J connectivity index is 2.96. The zero-order valence-corrected chi connectivity index (χ0v) is 12.4. The Morgan fingerprint density at radius 1 is 1.55 bits per heavy atom. The molecular formula is C15H22N4O. The highest BCUT2D eigenvalue weighted by Gasteiger charge is 2.21. The normalized spacial score (nSPS) is 10.2. The molecule has 0 fully saturated rings. The zero-order valence-electron chi connectivity index (χ0n) is 12.4. The van der Waals surface area contributed by atoms with Gasteiger partial charge in [0.2, 0.25) is 0 Å². The second-order valence-corrected chi connectivity index (χ2v) is 4.85. The Hall–Kier alpha value is -2.09. The van der Waals surface area contributed by atoms with Crippen LogP contribution in [0.25, 0.3) is 0 Å². The van der Waals surface area contributed by atoms with Crippen LogP contribution in [0.2, 0.25) is 0 Å². The van der Waals surface area contributed by atoms with Crippen LogP contribution in [0.3, 0.4) is 0 Å². The van der Waals surface area contributed by atoms with Gasteiger partial charge in [0.05, 0.1) is 23.7 Å². The van der Waals surface area contributed by atoms with Gasteiger partial charge in [-0.1, -0.05) is 6.92 Å². The minimum Gasteiger partial charge on any atom is -0.384 e. The van der Waals surface area contributed by atoms with Gasteiger partial charge in [0.1, 0.15) is 0 Å². The maximum Gasteiger partial charge on any atom is 0.257 e. The second kappa shape index (κ2) is 8.16. The second-order valence-electron chi connectivity index (χ2n) is 4.85. The van der Waals surface area contributed by atoms with Gasteiger partial charge in [-0.3, -0.25) is 9.78 Å². The molecule has 0 aromatic carbocycles. The Morgan fingerprint density at radius 2 is 2.30 bits per heavy atom. The van der Waals surface area contributed by atoms with Crippen molar-refractivity contribution < 1.29 is 4.79 Å². The van der Waals surface area contributed by atoms with Crippen molar-refractivity contribution in [3.63, 3.8) is 0 Å². The van der Waals surface area contributed by atoms with Gasteiger partial charge >= 0.3 is 0 Å². The van der Waals surface area contributed by atoms with Crippen LogP contribution in [0.4, 0.5) is 5.69 Å². The van der Waals surface area contributed by atoms with E-state index in [9.17, 15) is 4.79 Å². The van der Waals surface area contributed by atoms with Gasteiger partial charge in [0.25, 0.3) is 5.91 Å². The minimum atomic E-state index is -0.0815. The van der Waals surface area contributed by atoms with E-state index in [1.165, 1.54) is 0 Å². The van der Waals surface area contributed by atoms with Crippen molar-refractivity contribution in [2.45, 2.75) is 39.7 Å². The van der Waals surface area contributed by atoms with E-state index in [0.717, 1.165) is 18.7 Å². The van der Waals surface area contributed by atoms with Gasteiger partial charge in [-0.25, -0.2) is 0 Å². The van der Waals surface area contributed by atoms with E-state index in [-0.39, 0.29) is 11.9 Å². The summed E-state index contributed by atoms with van der Waals surface area (Å²) in [6, 6.07) is 3.95. The first-order valence-corrected chi connectivity index (χ1v) is 6.97. The number of pyridine rings is 1. The lowest BCUT2D eigenvalue weighted by molar-refractivity contribution is 0.0711. The fourth-order valence-corrected chi connectivity index (χ4v) is 1.90. The van der Waals surface area contributed by atoms with Gasteiger partial charge < -0.3 is 10.2 Å². The van der Waals surface area contributed by atoms with Crippen LogP contribution < -0.4 is 5.32 Å². The monoisotopic (exact) mass is 274 g/mol. The van der Waals surface area contributed by atoms with Crippen molar-refractivity contribution in [3.8, 4) is 6.07 Å². The summed E-state index contributed by atoms with van der Waals surface area (Å²) in [6.45, 7) is 7.22. The van der Waals surface area contributed by atoms with Crippen LogP contribution in [-0.4, -0.2) is 34.9 Å². The van der Waals surface area contributed by atoms with Crippen LogP contribution in [-0.2, 0) is 0 Å². The molecule has 0 spiro atoms. The molecule has 1 heterocycles. The number of carbonyl (C=O) groups excluding carboxylic acids is 1. The number of aromatic nitrogens is 1. The first kappa shape index (κ1) is 16.0. The third kappa shape index (κ3) is 4.23. The molecule has 20 heavy (non-hydrogen) atoms. The van der Waals surface area contributed by atoms with E-state index in [1.807, 2.05) is 19.9 Å². The van der Waals surface area contributed by atoms with Gasteiger partial charge in [-0.05, 0) is 26.3 Å². The number of nitrogens with one attached hydrogen (secondary N) is 1. The van der Waals surface area contributed by atoms with Gasteiger partial charge in [0, 0.05) is 31.5 Å². The quantitative estimate of drug-likeness (QED) is 0.830. The lowest BCUT2D eigenvalue weighted by Crippen LogP contribution is -2.38. The van der Waals surface area contributed by atoms with E-state index in [1.54, 1.807) is 17.3 Å². The average molecular weight is 274 g/mol. The van der Waals surface area contributed by atoms with E-state index >= 15 is 0 Å². The molecule has 0 atom stereocenters. The molecule has 1 aromatic heterocycles. The summed E-state index contributed by atoms with van der Waals surface area (Å²) in [5, 5.41) is 11.9. The Bertz CT molecular complexity index is 479. The summed E-state index contributed by atoms with van der Waals surface area (Å²) in [5.41, 5.74) is 1.36. The highest BCUT2D eigenvalue weighted by atomic mass is 16.2. The Morgan fingerprint density at radius 3 is 2.90 bits per heavy atom. The van der Waals surface area contributed by atoms with Crippen LogP contribution in [0.15, 0.2) is 18.5 Å². The fraction of sp³-hybridized carbons (Fsp3) is 0.533. The maximum atomic E-state index is 12.6. The number of nitrogens with zero attached hydrogens (tertiary/aromatic N) is 3. The van der Waals surface area contributed by atoms with Gasteiger partial charge in [-0.2, -0.15) is 5.26 Å². The third-order valence-corrected chi connectivity index (χ3v) is 2.97. The predicted molar refractivity (Wildman–Crippen MR) is 79.4 cm³/mol. The number of amides is 1.